The maximum absolute atomic E-state index is 14.2. The van der Waals surface area contributed by atoms with Gasteiger partial charge in [-0.1, -0.05) is 48.0 Å². The SMILES string of the molecule is NCCOc1ccc(-c2ccc(Cl)cc2F)cc1OCc1ccccc1. The Morgan fingerprint density at radius 3 is 2.42 bits per heavy atom. The van der Waals surface area contributed by atoms with Crippen molar-refractivity contribution in [2.45, 2.75) is 6.61 Å². The standard InChI is InChI=1S/C21H19ClFNO2/c22-17-7-8-18(19(23)13-17)16-6-9-20(25-11-10-24)21(12-16)26-14-15-4-2-1-3-5-15/h1-9,12-13H,10-11,14,24H2. The van der Waals surface area contributed by atoms with E-state index < -0.39 is 0 Å². The molecular weight excluding hydrogens is 353 g/mol. The zero-order valence-electron chi connectivity index (χ0n) is 14.1. The second-order valence-electron chi connectivity index (χ2n) is 5.70. The van der Waals surface area contributed by atoms with Gasteiger partial charge in [-0.3, -0.25) is 0 Å². The molecule has 0 amide bonds. The van der Waals surface area contributed by atoms with Gasteiger partial charge in [0.15, 0.2) is 11.5 Å². The largest absolute Gasteiger partial charge is 0.488 e. The van der Waals surface area contributed by atoms with E-state index in [4.69, 9.17) is 26.8 Å². The molecule has 0 fully saturated rings. The Bertz CT molecular complexity index is 871. The molecule has 0 aliphatic carbocycles. The van der Waals surface area contributed by atoms with E-state index in [9.17, 15) is 4.39 Å². The van der Waals surface area contributed by atoms with Gasteiger partial charge in [0, 0.05) is 17.1 Å². The first kappa shape index (κ1) is 18.2. The van der Waals surface area contributed by atoms with E-state index in [1.807, 2.05) is 30.3 Å². The highest BCUT2D eigenvalue weighted by Crippen LogP contribution is 2.35. The van der Waals surface area contributed by atoms with Crippen molar-refractivity contribution in [3.05, 3.63) is 83.1 Å². The molecule has 3 aromatic carbocycles. The van der Waals surface area contributed by atoms with Crippen molar-refractivity contribution in [3.63, 3.8) is 0 Å². The molecular formula is C21H19ClFNO2. The zero-order chi connectivity index (χ0) is 18.4. The minimum absolute atomic E-state index is 0.356. The highest BCUT2D eigenvalue weighted by Gasteiger charge is 2.12. The first-order valence-electron chi connectivity index (χ1n) is 8.26. The predicted molar refractivity (Wildman–Crippen MR) is 102 cm³/mol. The molecule has 0 radical (unpaired) electrons. The summed E-state index contributed by atoms with van der Waals surface area (Å²) in [5, 5.41) is 0.356. The molecule has 0 atom stereocenters. The Hall–Kier alpha value is -2.56. The first-order valence-corrected chi connectivity index (χ1v) is 8.64. The van der Waals surface area contributed by atoms with Crippen LogP contribution in [0.5, 0.6) is 11.5 Å². The number of benzene rings is 3. The summed E-state index contributed by atoms with van der Waals surface area (Å²) in [5.41, 5.74) is 7.68. The van der Waals surface area contributed by atoms with E-state index in [1.165, 1.54) is 6.07 Å². The molecule has 3 nitrogen and oxygen atoms in total. The normalized spacial score (nSPS) is 10.6. The van der Waals surface area contributed by atoms with E-state index in [-0.39, 0.29) is 5.82 Å². The summed E-state index contributed by atoms with van der Waals surface area (Å²) in [6.07, 6.45) is 0. The van der Waals surface area contributed by atoms with Crippen LogP contribution in [0.25, 0.3) is 11.1 Å². The van der Waals surface area contributed by atoms with Crippen molar-refractivity contribution in [1.29, 1.82) is 0 Å². The van der Waals surface area contributed by atoms with Crippen LogP contribution in [0.2, 0.25) is 5.02 Å². The molecule has 3 aromatic rings. The van der Waals surface area contributed by atoms with E-state index in [1.54, 1.807) is 30.3 Å². The van der Waals surface area contributed by atoms with Crippen molar-refractivity contribution in [2.75, 3.05) is 13.2 Å². The number of rotatable bonds is 7. The number of halogens is 2. The van der Waals surface area contributed by atoms with Crippen molar-refractivity contribution < 1.29 is 13.9 Å². The molecule has 0 saturated heterocycles. The fourth-order valence-electron chi connectivity index (χ4n) is 2.54. The van der Waals surface area contributed by atoms with Gasteiger partial charge in [-0.15, -0.1) is 0 Å². The molecule has 0 aliphatic heterocycles. The molecule has 0 aliphatic rings. The second-order valence-corrected chi connectivity index (χ2v) is 6.13. The van der Waals surface area contributed by atoms with Crippen molar-refractivity contribution in [2.24, 2.45) is 5.73 Å². The third-order valence-electron chi connectivity index (χ3n) is 3.80. The summed E-state index contributed by atoms with van der Waals surface area (Å²) in [4.78, 5) is 0. The Morgan fingerprint density at radius 1 is 0.885 bits per heavy atom. The van der Waals surface area contributed by atoms with Gasteiger partial charge >= 0.3 is 0 Å². The van der Waals surface area contributed by atoms with Crippen LogP contribution in [0, 0.1) is 5.82 Å². The average molecular weight is 372 g/mol. The van der Waals surface area contributed by atoms with E-state index >= 15 is 0 Å². The molecule has 26 heavy (non-hydrogen) atoms. The lowest BCUT2D eigenvalue weighted by atomic mass is 10.0. The number of hydrogen-bond donors (Lipinski definition) is 1. The zero-order valence-corrected chi connectivity index (χ0v) is 14.9. The van der Waals surface area contributed by atoms with Crippen LogP contribution in [0.1, 0.15) is 5.56 Å². The number of ether oxygens (including phenoxy) is 2. The van der Waals surface area contributed by atoms with Gasteiger partial charge < -0.3 is 15.2 Å². The highest BCUT2D eigenvalue weighted by atomic mass is 35.5. The molecule has 134 valence electrons. The Labute approximate surface area is 157 Å². The van der Waals surface area contributed by atoms with Crippen LogP contribution in [0.3, 0.4) is 0 Å². The maximum atomic E-state index is 14.2. The molecule has 0 bridgehead atoms. The lowest BCUT2D eigenvalue weighted by Gasteiger charge is -2.14. The summed E-state index contributed by atoms with van der Waals surface area (Å²) in [6.45, 7) is 1.15. The quantitative estimate of drug-likeness (QED) is 0.631. The van der Waals surface area contributed by atoms with Gasteiger partial charge in [0.25, 0.3) is 0 Å². The van der Waals surface area contributed by atoms with Crippen LogP contribution in [0.4, 0.5) is 4.39 Å². The van der Waals surface area contributed by atoms with Gasteiger partial charge in [-0.2, -0.15) is 0 Å². The van der Waals surface area contributed by atoms with Gasteiger partial charge in [-0.05, 0) is 41.5 Å². The van der Waals surface area contributed by atoms with Gasteiger partial charge in [0.1, 0.15) is 19.0 Å². The Kier molecular flexibility index (Phi) is 6.10. The summed E-state index contributed by atoms with van der Waals surface area (Å²) in [7, 11) is 0. The van der Waals surface area contributed by atoms with Crippen molar-refractivity contribution in [1.82, 2.24) is 0 Å². The second kappa shape index (κ2) is 8.70. The molecule has 0 spiro atoms. The topological polar surface area (TPSA) is 44.5 Å². The summed E-state index contributed by atoms with van der Waals surface area (Å²) < 4.78 is 25.8. The van der Waals surface area contributed by atoms with Crippen molar-refractivity contribution in [3.8, 4) is 22.6 Å². The molecule has 0 heterocycles. The van der Waals surface area contributed by atoms with Gasteiger partial charge in [0.05, 0.1) is 0 Å². The average Bonchev–Trinajstić information content (AvgIpc) is 2.66. The van der Waals surface area contributed by atoms with Crippen LogP contribution in [-0.4, -0.2) is 13.2 Å². The van der Waals surface area contributed by atoms with Crippen molar-refractivity contribution >= 4 is 11.6 Å². The molecule has 2 N–H and O–H groups in total. The Morgan fingerprint density at radius 2 is 1.69 bits per heavy atom. The summed E-state index contributed by atoms with van der Waals surface area (Å²) in [5.74, 6) is 0.723. The Balaban J connectivity index is 1.90. The third-order valence-corrected chi connectivity index (χ3v) is 4.03. The highest BCUT2D eigenvalue weighted by molar-refractivity contribution is 6.30. The van der Waals surface area contributed by atoms with Gasteiger partial charge in [0.2, 0.25) is 0 Å². The lowest BCUT2D eigenvalue weighted by Crippen LogP contribution is -2.11. The monoisotopic (exact) mass is 371 g/mol. The van der Waals surface area contributed by atoms with E-state index in [0.717, 1.165) is 5.56 Å². The first-order chi connectivity index (χ1) is 12.7. The van der Waals surface area contributed by atoms with Crippen LogP contribution >= 0.6 is 11.6 Å². The number of hydrogen-bond acceptors (Lipinski definition) is 3. The molecule has 0 saturated carbocycles. The smallest absolute Gasteiger partial charge is 0.162 e. The van der Waals surface area contributed by atoms with Gasteiger partial charge in [-0.25, -0.2) is 4.39 Å². The molecule has 0 aromatic heterocycles. The minimum atomic E-state index is -0.387. The lowest BCUT2D eigenvalue weighted by molar-refractivity contribution is 0.266. The molecule has 3 rings (SSSR count). The summed E-state index contributed by atoms with van der Waals surface area (Å²) in [6, 6.07) is 19.7. The van der Waals surface area contributed by atoms with Crippen LogP contribution in [0.15, 0.2) is 66.7 Å². The summed E-state index contributed by atoms with van der Waals surface area (Å²) >= 11 is 5.84. The fraction of sp³-hybridized carbons (Fsp3) is 0.143. The molecule has 5 heteroatoms. The van der Waals surface area contributed by atoms with Crippen LogP contribution < -0.4 is 15.2 Å². The third kappa shape index (κ3) is 4.54. The number of nitrogens with two attached hydrogens (primary N) is 1. The maximum Gasteiger partial charge on any atom is 0.162 e. The predicted octanol–water partition coefficient (Wildman–Crippen LogP) is 5.06. The fourth-order valence-corrected chi connectivity index (χ4v) is 2.69. The van der Waals surface area contributed by atoms with E-state index in [0.29, 0.717) is 47.4 Å². The van der Waals surface area contributed by atoms with Crippen LogP contribution in [-0.2, 0) is 6.61 Å². The van der Waals surface area contributed by atoms with E-state index in [2.05, 4.69) is 0 Å². The molecule has 0 unspecified atom stereocenters. The minimum Gasteiger partial charge on any atom is -0.488 e.